The number of rotatable bonds is 1. The second-order valence-electron chi connectivity index (χ2n) is 3.19. The van der Waals surface area contributed by atoms with Crippen LogP contribution in [-0.4, -0.2) is 24.4 Å². The molecule has 0 fully saturated rings. The molecule has 0 aromatic rings. The summed E-state index contributed by atoms with van der Waals surface area (Å²) in [4.78, 5) is 12.9. The lowest BCUT2D eigenvalue weighted by Crippen LogP contribution is -2.36. The van der Waals surface area contributed by atoms with Crippen molar-refractivity contribution in [1.82, 2.24) is 4.90 Å². The van der Waals surface area contributed by atoms with Crippen molar-refractivity contribution in [2.24, 2.45) is 17.6 Å². The van der Waals surface area contributed by atoms with Gasteiger partial charge in [-0.3, -0.25) is 4.79 Å². The van der Waals surface area contributed by atoms with Gasteiger partial charge < -0.3 is 10.6 Å². The molecule has 1 aliphatic heterocycles. The summed E-state index contributed by atoms with van der Waals surface area (Å²) in [5.41, 5.74) is 5.19. The van der Waals surface area contributed by atoms with Crippen molar-refractivity contribution >= 4 is 5.91 Å². The number of carbonyl (C=O) groups excluding carboxylic acids is 1. The van der Waals surface area contributed by atoms with Crippen LogP contribution >= 0.6 is 0 Å². The number of nitrogens with two attached hydrogens (primary N) is 1. The Morgan fingerprint density at radius 2 is 2.36 bits per heavy atom. The van der Waals surface area contributed by atoms with E-state index in [0.29, 0.717) is 5.92 Å². The number of nitrogens with zero attached hydrogens (tertiary/aromatic N) is 1. The van der Waals surface area contributed by atoms with E-state index in [-0.39, 0.29) is 11.8 Å². The third-order valence-corrected chi connectivity index (χ3v) is 2.07. The summed E-state index contributed by atoms with van der Waals surface area (Å²) < 4.78 is 0. The van der Waals surface area contributed by atoms with E-state index in [0.717, 1.165) is 6.54 Å². The quantitative estimate of drug-likeness (QED) is 0.585. The van der Waals surface area contributed by atoms with E-state index in [2.05, 4.69) is 4.90 Å². The SMILES string of the molecule is C[C@H]1CN(C)C=CC1C(N)=O. The predicted octanol–water partition coefficient (Wildman–Crippen LogP) is 0.183. The Bertz CT molecular complexity index is 189. The van der Waals surface area contributed by atoms with E-state index < -0.39 is 0 Å². The third-order valence-electron chi connectivity index (χ3n) is 2.07. The molecule has 1 heterocycles. The Labute approximate surface area is 66.9 Å². The topological polar surface area (TPSA) is 46.3 Å². The van der Waals surface area contributed by atoms with Gasteiger partial charge in [-0.15, -0.1) is 0 Å². The highest BCUT2D eigenvalue weighted by Crippen LogP contribution is 2.18. The number of primary amides is 1. The highest BCUT2D eigenvalue weighted by Gasteiger charge is 2.23. The minimum absolute atomic E-state index is 0.0776. The van der Waals surface area contributed by atoms with Crippen LogP contribution in [0.5, 0.6) is 0 Å². The van der Waals surface area contributed by atoms with Crippen molar-refractivity contribution < 1.29 is 4.79 Å². The van der Waals surface area contributed by atoms with Crippen molar-refractivity contribution in [3.63, 3.8) is 0 Å². The molecule has 11 heavy (non-hydrogen) atoms. The molecular formula is C8H14N2O. The summed E-state index contributed by atoms with van der Waals surface area (Å²) in [5, 5.41) is 0. The molecule has 0 aromatic carbocycles. The van der Waals surface area contributed by atoms with Gasteiger partial charge in [0.05, 0.1) is 5.92 Å². The molecule has 1 rings (SSSR count). The van der Waals surface area contributed by atoms with Gasteiger partial charge >= 0.3 is 0 Å². The second kappa shape index (κ2) is 2.95. The summed E-state index contributed by atoms with van der Waals surface area (Å²) in [6.07, 6.45) is 3.78. The summed E-state index contributed by atoms with van der Waals surface area (Å²) in [6.45, 7) is 2.94. The van der Waals surface area contributed by atoms with Gasteiger partial charge in [-0.1, -0.05) is 13.0 Å². The van der Waals surface area contributed by atoms with Crippen LogP contribution < -0.4 is 5.73 Å². The van der Waals surface area contributed by atoms with Gasteiger partial charge in [0.15, 0.2) is 0 Å². The van der Waals surface area contributed by atoms with Crippen molar-refractivity contribution in [3.8, 4) is 0 Å². The standard InChI is InChI=1S/C8H14N2O/c1-6-5-10(2)4-3-7(6)8(9)11/h3-4,6-7H,5H2,1-2H3,(H2,9,11)/t6-,7?/m0/s1. The summed E-state index contributed by atoms with van der Waals surface area (Å²) in [5.74, 6) is 0.0375. The van der Waals surface area contributed by atoms with Crippen LogP contribution in [0.4, 0.5) is 0 Å². The fraction of sp³-hybridized carbons (Fsp3) is 0.625. The molecule has 1 amide bonds. The lowest BCUT2D eigenvalue weighted by Gasteiger charge is -2.28. The first-order valence-electron chi connectivity index (χ1n) is 3.79. The van der Waals surface area contributed by atoms with Crippen LogP contribution in [0.15, 0.2) is 12.3 Å². The van der Waals surface area contributed by atoms with E-state index in [1.165, 1.54) is 0 Å². The smallest absolute Gasteiger partial charge is 0.224 e. The molecule has 0 bridgehead atoms. The molecule has 2 N–H and O–H groups in total. The highest BCUT2D eigenvalue weighted by molar-refractivity contribution is 5.78. The van der Waals surface area contributed by atoms with Gasteiger partial charge in [0, 0.05) is 13.6 Å². The van der Waals surface area contributed by atoms with Gasteiger partial charge in [0.2, 0.25) is 5.91 Å². The van der Waals surface area contributed by atoms with Gasteiger partial charge in [-0.25, -0.2) is 0 Å². The lowest BCUT2D eigenvalue weighted by atomic mass is 9.91. The van der Waals surface area contributed by atoms with Crippen LogP contribution in [0.25, 0.3) is 0 Å². The number of hydrogen-bond acceptors (Lipinski definition) is 2. The Balaban J connectivity index is 2.68. The zero-order valence-corrected chi connectivity index (χ0v) is 6.95. The maximum absolute atomic E-state index is 10.8. The van der Waals surface area contributed by atoms with E-state index in [9.17, 15) is 4.79 Å². The normalized spacial score (nSPS) is 30.5. The average molecular weight is 154 g/mol. The van der Waals surface area contributed by atoms with Crippen LogP contribution in [0.2, 0.25) is 0 Å². The summed E-state index contributed by atoms with van der Waals surface area (Å²) in [7, 11) is 1.99. The first-order valence-corrected chi connectivity index (χ1v) is 3.79. The minimum Gasteiger partial charge on any atom is -0.380 e. The Morgan fingerprint density at radius 1 is 1.73 bits per heavy atom. The molecule has 1 aliphatic rings. The predicted molar refractivity (Wildman–Crippen MR) is 43.6 cm³/mol. The zero-order chi connectivity index (χ0) is 8.43. The maximum Gasteiger partial charge on any atom is 0.224 e. The van der Waals surface area contributed by atoms with E-state index >= 15 is 0 Å². The Kier molecular flexibility index (Phi) is 2.17. The fourth-order valence-electron chi connectivity index (χ4n) is 1.43. The number of carbonyl (C=O) groups is 1. The average Bonchev–Trinajstić information content (AvgIpc) is 1.85. The van der Waals surface area contributed by atoms with Crippen LogP contribution in [-0.2, 0) is 4.79 Å². The molecule has 0 aliphatic carbocycles. The van der Waals surface area contributed by atoms with Gasteiger partial charge in [0.1, 0.15) is 0 Å². The molecule has 62 valence electrons. The number of hydrogen-bond donors (Lipinski definition) is 1. The molecule has 0 spiro atoms. The van der Waals surface area contributed by atoms with Crippen molar-refractivity contribution in [1.29, 1.82) is 0 Å². The van der Waals surface area contributed by atoms with Crippen LogP contribution in [0.1, 0.15) is 6.92 Å². The monoisotopic (exact) mass is 154 g/mol. The molecular weight excluding hydrogens is 140 g/mol. The lowest BCUT2D eigenvalue weighted by molar-refractivity contribution is -0.122. The first kappa shape index (κ1) is 8.11. The second-order valence-corrected chi connectivity index (χ2v) is 3.19. The molecule has 0 saturated carbocycles. The van der Waals surface area contributed by atoms with Crippen molar-refractivity contribution in [3.05, 3.63) is 12.3 Å². The van der Waals surface area contributed by atoms with E-state index in [4.69, 9.17) is 5.73 Å². The van der Waals surface area contributed by atoms with Crippen LogP contribution in [0, 0.1) is 11.8 Å². The third kappa shape index (κ3) is 1.73. The van der Waals surface area contributed by atoms with Crippen molar-refractivity contribution in [2.75, 3.05) is 13.6 Å². The van der Waals surface area contributed by atoms with Gasteiger partial charge in [0.25, 0.3) is 0 Å². The van der Waals surface area contributed by atoms with Crippen molar-refractivity contribution in [2.45, 2.75) is 6.92 Å². The highest BCUT2D eigenvalue weighted by atomic mass is 16.1. The summed E-state index contributed by atoms with van der Waals surface area (Å²) >= 11 is 0. The summed E-state index contributed by atoms with van der Waals surface area (Å²) in [6, 6.07) is 0. The molecule has 1 unspecified atom stereocenters. The molecule has 0 aromatic heterocycles. The number of amides is 1. The Hall–Kier alpha value is -0.990. The first-order chi connectivity index (χ1) is 5.11. The van der Waals surface area contributed by atoms with Gasteiger partial charge in [-0.2, -0.15) is 0 Å². The fourth-order valence-corrected chi connectivity index (χ4v) is 1.43. The van der Waals surface area contributed by atoms with E-state index in [1.54, 1.807) is 0 Å². The zero-order valence-electron chi connectivity index (χ0n) is 6.95. The molecule has 3 heteroatoms. The minimum atomic E-state index is -0.221. The maximum atomic E-state index is 10.8. The molecule has 3 nitrogen and oxygen atoms in total. The van der Waals surface area contributed by atoms with Gasteiger partial charge in [-0.05, 0) is 12.1 Å². The molecule has 2 atom stereocenters. The molecule has 0 saturated heterocycles. The van der Waals surface area contributed by atoms with Crippen LogP contribution in [0.3, 0.4) is 0 Å². The van der Waals surface area contributed by atoms with E-state index in [1.807, 2.05) is 26.2 Å². The largest absolute Gasteiger partial charge is 0.380 e. The Morgan fingerprint density at radius 3 is 2.82 bits per heavy atom. The molecule has 0 radical (unpaired) electrons.